The summed E-state index contributed by atoms with van der Waals surface area (Å²) in [6.07, 6.45) is 2.12. The summed E-state index contributed by atoms with van der Waals surface area (Å²) in [6, 6.07) is 7.10. The molecule has 1 aromatic carbocycles. The van der Waals surface area contributed by atoms with Crippen molar-refractivity contribution in [3.63, 3.8) is 0 Å². The van der Waals surface area contributed by atoms with E-state index >= 15 is 0 Å². The van der Waals surface area contributed by atoms with Gasteiger partial charge < -0.3 is 10.6 Å². The molecule has 0 bridgehead atoms. The zero-order valence-electron chi connectivity index (χ0n) is 12.6. The molecule has 1 saturated heterocycles. The van der Waals surface area contributed by atoms with E-state index in [0.717, 1.165) is 32.5 Å². The summed E-state index contributed by atoms with van der Waals surface area (Å²) >= 11 is 0. The molecule has 0 spiro atoms. The first-order chi connectivity index (χ1) is 10.00. The van der Waals surface area contributed by atoms with Gasteiger partial charge in [0.05, 0.1) is 5.75 Å². The molecular formula is C15H25N3O2S. The number of likely N-dealkylation sites (tertiary alicyclic amines) is 1. The van der Waals surface area contributed by atoms with E-state index in [9.17, 15) is 8.42 Å². The third-order valence-electron chi connectivity index (χ3n) is 4.15. The lowest BCUT2D eigenvalue weighted by Gasteiger charge is -2.31. The van der Waals surface area contributed by atoms with Crippen molar-refractivity contribution in [3.8, 4) is 0 Å². The van der Waals surface area contributed by atoms with E-state index in [1.807, 2.05) is 6.07 Å². The lowest BCUT2D eigenvalue weighted by atomic mass is 9.97. The van der Waals surface area contributed by atoms with Gasteiger partial charge in [-0.25, -0.2) is 13.1 Å². The standard InChI is InChI=1S/C15H25N3O2S/c1-2-18-9-7-13(8-10-18)11-17-21(19,20)12-14-5-3-4-6-15(14)16/h3-6,13,17H,2,7-12,16H2,1H3. The van der Waals surface area contributed by atoms with Crippen LogP contribution in [0.2, 0.25) is 0 Å². The zero-order chi connectivity index (χ0) is 15.3. The molecule has 0 unspecified atom stereocenters. The van der Waals surface area contributed by atoms with E-state index in [1.165, 1.54) is 0 Å². The lowest BCUT2D eigenvalue weighted by molar-refractivity contribution is 0.193. The van der Waals surface area contributed by atoms with Crippen LogP contribution in [0.4, 0.5) is 5.69 Å². The molecule has 0 saturated carbocycles. The minimum atomic E-state index is -3.32. The Morgan fingerprint density at radius 2 is 1.95 bits per heavy atom. The number of anilines is 1. The van der Waals surface area contributed by atoms with Gasteiger partial charge in [-0.2, -0.15) is 0 Å². The summed E-state index contributed by atoms with van der Waals surface area (Å²) in [5.41, 5.74) is 6.98. The molecule has 0 radical (unpaired) electrons. The highest BCUT2D eigenvalue weighted by Gasteiger charge is 2.20. The van der Waals surface area contributed by atoms with Gasteiger partial charge in [-0.3, -0.25) is 0 Å². The van der Waals surface area contributed by atoms with Crippen LogP contribution in [0, 0.1) is 5.92 Å². The van der Waals surface area contributed by atoms with E-state index in [1.54, 1.807) is 18.2 Å². The molecule has 1 aliphatic rings. The van der Waals surface area contributed by atoms with Crippen LogP contribution in [-0.2, 0) is 15.8 Å². The minimum Gasteiger partial charge on any atom is -0.398 e. The van der Waals surface area contributed by atoms with Gasteiger partial charge in [-0.1, -0.05) is 25.1 Å². The summed E-state index contributed by atoms with van der Waals surface area (Å²) in [5.74, 6) is 0.392. The molecule has 6 heteroatoms. The second kappa shape index (κ2) is 7.24. The molecule has 1 fully saturated rings. The number of benzene rings is 1. The number of nitrogens with two attached hydrogens (primary N) is 1. The average molecular weight is 311 g/mol. The van der Waals surface area contributed by atoms with Crippen molar-refractivity contribution < 1.29 is 8.42 Å². The smallest absolute Gasteiger partial charge is 0.215 e. The second-order valence-electron chi connectivity index (χ2n) is 5.68. The molecule has 0 amide bonds. The van der Waals surface area contributed by atoms with Crippen LogP contribution in [0.1, 0.15) is 25.3 Å². The van der Waals surface area contributed by atoms with Crippen LogP contribution in [0.15, 0.2) is 24.3 Å². The van der Waals surface area contributed by atoms with Gasteiger partial charge in [0, 0.05) is 12.2 Å². The van der Waals surface area contributed by atoms with E-state index in [4.69, 9.17) is 5.73 Å². The van der Waals surface area contributed by atoms with Gasteiger partial charge in [0.1, 0.15) is 0 Å². The fourth-order valence-corrected chi connectivity index (χ4v) is 3.94. The van der Waals surface area contributed by atoms with Crippen molar-refractivity contribution in [3.05, 3.63) is 29.8 Å². The largest absolute Gasteiger partial charge is 0.398 e. The van der Waals surface area contributed by atoms with Crippen molar-refractivity contribution in [2.75, 3.05) is 31.9 Å². The third-order valence-corrected chi connectivity index (χ3v) is 5.44. The highest BCUT2D eigenvalue weighted by molar-refractivity contribution is 7.88. The van der Waals surface area contributed by atoms with E-state index in [-0.39, 0.29) is 5.75 Å². The number of para-hydroxylation sites is 1. The molecule has 0 atom stereocenters. The molecule has 3 N–H and O–H groups in total. The molecule has 118 valence electrons. The Hall–Kier alpha value is -1.11. The van der Waals surface area contributed by atoms with Crippen LogP contribution in [0.25, 0.3) is 0 Å². The van der Waals surface area contributed by atoms with Crippen LogP contribution < -0.4 is 10.5 Å². The summed E-state index contributed by atoms with van der Waals surface area (Å²) in [5, 5.41) is 0. The summed E-state index contributed by atoms with van der Waals surface area (Å²) in [7, 11) is -3.32. The quantitative estimate of drug-likeness (QED) is 0.779. The fraction of sp³-hybridized carbons (Fsp3) is 0.600. The molecule has 0 aromatic heterocycles. The first-order valence-electron chi connectivity index (χ1n) is 7.53. The van der Waals surface area contributed by atoms with Gasteiger partial charge in [-0.15, -0.1) is 0 Å². The van der Waals surface area contributed by atoms with Crippen LogP contribution >= 0.6 is 0 Å². The number of hydrogen-bond acceptors (Lipinski definition) is 4. The zero-order valence-corrected chi connectivity index (χ0v) is 13.4. The van der Waals surface area contributed by atoms with Gasteiger partial charge >= 0.3 is 0 Å². The Kier molecular flexibility index (Phi) is 5.61. The predicted octanol–water partition coefficient (Wildman–Crippen LogP) is 1.42. The maximum absolute atomic E-state index is 12.1. The van der Waals surface area contributed by atoms with Gasteiger partial charge in [0.25, 0.3) is 0 Å². The SMILES string of the molecule is CCN1CCC(CNS(=O)(=O)Cc2ccccc2N)CC1. The molecule has 5 nitrogen and oxygen atoms in total. The van der Waals surface area contributed by atoms with Gasteiger partial charge in [0.15, 0.2) is 0 Å². The van der Waals surface area contributed by atoms with Crippen molar-refractivity contribution in [2.24, 2.45) is 5.92 Å². The lowest BCUT2D eigenvalue weighted by Crippen LogP contribution is -2.38. The Bertz CT molecular complexity index is 552. The molecule has 21 heavy (non-hydrogen) atoms. The van der Waals surface area contributed by atoms with Gasteiger partial charge in [0.2, 0.25) is 10.0 Å². The maximum Gasteiger partial charge on any atom is 0.215 e. The van der Waals surface area contributed by atoms with Crippen molar-refractivity contribution >= 4 is 15.7 Å². The van der Waals surface area contributed by atoms with Gasteiger partial charge in [-0.05, 0) is 50.0 Å². The number of hydrogen-bond donors (Lipinski definition) is 2. The Balaban J connectivity index is 1.83. The van der Waals surface area contributed by atoms with Crippen LogP contribution in [-0.4, -0.2) is 39.5 Å². The highest BCUT2D eigenvalue weighted by Crippen LogP contribution is 2.17. The fourth-order valence-electron chi connectivity index (χ4n) is 2.67. The predicted molar refractivity (Wildman–Crippen MR) is 86.3 cm³/mol. The Morgan fingerprint density at radius 1 is 1.29 bits per heavy atom. The van der Waals surface area contributed by atoms with Crippen molar-refractivity contribution in [2.45, 2.75) is 25.5 Å². The topological polar surface area (TPSA) is 75.4 Å². The summed E-state index contributed by atoms with van der Waals surface area (Å²) < 4.78 is 27.0. The van der Waals surface area contributed by atoms with Crippen molar-refractivity contribution in [1.82, 2.24) is 9.62 Å². The van der Waals surface area contributed by atoms with Crippen molar-refractivity contribution in [1.29, 1.82) is 0 Å². The number of nitrogen functional groups attached to an aromatic ring is 1. The first-order valence-corrected chi connectivity index (χ1v) is 9.18. The molecule has 2 rings (SSSR count). The van der Waals surface area contributed by atoms with Crippen LogP contribution in [0.3, 0.4) is 0 Å². The number of rotatable bonds is 6. The highest BCUT2D eigenvalue weighted by atomic mass is 32.2. The van der Waals surface area contributed by atoms with E-state index in [2.05, 4.69) is 16.5 Å². The van der Waals surface area contributed by atoms with Crippen LogP contribution in [0.5, 0.6) is 0 Å². The number of nitrogens with zero attached hydrogens (tertiary/aromatic N) is 1. The maximum atomic E-state index is 12.1. The summed E-state index contributed by atoms with van der Waals surface area (Å²) in [6.45, 7) is 5.90. The average Bonchev–Trinajstić information content (AvgIpc) is 2.48. The Morgan fingerprint density at radius 3 is 2.57 bits per heavy atom. The molecule has 1 aromatic rings. The molecular weight excluding hydrogens is 286 g/mol. The normalized spacial score (nSPS) is 18.0. The first kappa shape index (κ1) is 16.3. The number of piperidine rings is 1. The molecule has 0 aliphatic carbocycles. The monoisotopic (exact) mass is 311 g/mol. The second-order valence-corrected chi connectivity index (χ2v) is 7.49. The molecule has 1 heterocycles. The summed E-state index contributed by atoms with van der Waals surface area (Å²) in [4.78, 5) is 2.40. The number of sulfonamides is 1. The minimum absolute atomic E-state index is 0.0481. The molecule has 1 aliphatic heterocycles. The van der Waals surface area contributed by atoms with E-state index in [0.29, 0.717) is 23.7 Å². The number of nitrogens with one attached hydrogen (secondary N) is 1. The Labute approximate surface area is 127 Å². The van der Waals surface area contributed by atoms with E-state index < -0.39 is 10.0 Å². The third kappa shape index (κ3) is 4.98.